The van der Waals surface area contributed by atoms with Gasteiger partial charge in [0, 0.05) is 25.3 Å². The minimum Gasteiger partial charge on any atom is -0.380 e. The Hall–Kier alpha value is -1.56. The Balaban J connectivity index is 2.54. The van der Waals surface area contributed by atoms with Gasteiger partial charge in [0.25, 0.3) is 0 Å². The maximum absolute atomic E-state index is 11.4. The molecule has 6 heteroatoms. The summed E-state index contributed by atoms with van der Waals surface area (Å²) in [6.45, 7) is 13.1. The lowest BCUT2D eigenvalue weighted by Gasteiger charge is -2.30. The molecule has 0 aromatic carbocycles. The van der Waals surface area contributed by atoms with Crippen LogP contribution in [-0.2, 0) is 16.1 Å². The van der Waals surface area contributed by atoms with E-state index in [2.05, 4.69) is 38.0 Å². The van der Waals surface area contributed by atoms with Crippen molar-refractivity contribution in [3.8, 4) is 0 Å². The minimum atomic E-state index is -0.146. The molecule has 0 amide bonds. The molecule has 0 bridgehead atoms. The average Bonchev–Trinajstić information content (AvgIpc) is 2.85. The second-order valence-electron chi connectivity index (χ2n) is 7.56. The molecule has 1 aromatic heterocycles. The fraction of sp³-hybridized carbons (Fsp3) is 0.765. The average molecular weight is 323 g/mol. The van der Waals surface area contributed by atoms with Crippen LogP contribution < -0.4 is 0 Å². The van der Waals surface area contributed by atoms with Crippen molar-refractivity contribution in [2.75, 3.05) is 13.2 Å². The van der Waals surface area contributed by atoms with Crippen LogP contribution in [0, 0.1) is 10.8 Å². The van der Waals surface area contributed by atoms with Gasteiger partial charge in [-0.2, -0.15) is 0 Å². The Morgan fingerprint density at radius 2 is 1.87 bits per heavy atom. The molecular formula is C17H29N3O3. The van der Waals surface area contributed by atoms with Gasteiger partial charge in [-0.1, -0.05) is 32.9 Å². The van der Waals surface area contributed by atoms with Crippen LogP contribution in [0.4, 0.5) is 0 Å². The molecule has 0 saturated heterocycles. The molecule has 1 atom stereocenters. The summed E-state index contributed by atoms with van der Waals surface area (Å²) in [4.78, 5) is 22.6. The first kappa shape index (κ1) is 19.5. The molecule has 1 unspecified atom stereocenters. The maximum atomic E-state index is 11.4. The van der Waals surface area contributed by atoms with Gasteiger partial charge < -0.3 is 9.53 Å². The predicted molar refractivity (Wildman–Crippen MR) is 88.3 cm³/mol. The zero-order chi connectivity index (χ0) is 17.7. The van der Waals surface area contributed by atoms with Crippen LogP contribution in [0.25, 0.3) is 0 Å². The van der Waals surface area contributed by atoms with Crippen molar-refractivity contribution >= 4 is 11.6 Å². The van der Waals surface area contributed by atoms with Crippen LogP contribution in [-0.4, -0.2) is 39.8 Å². The van der Waals surface area contributed by atoms with Crippen LogP contribution in [0.5, 0.6) is 0 Å². The third-order valence-corrected chi connectivity index (χ3v) is 3.96. The van der Waals surface area contributed by atoms with Crippen molar-refractivity contribution in [2.45, 2.75) is 60.9 Å². The Morgan fingerprint density at radius 3 is 2.35 bits per heavy atom. The number of rotatable bonds is 10. The highest BCUT2D eigenvalue weighted by Gasteiger charge is 2.27. The van der Waals surface area contributed by atoms with Gasteiger partial charge in [0.05, 0.1) is 19.4 Å². The van der Waals surface area contributed by atoms with E-state index >= 15 is 0 Å². The predicted octanol–water partition coefficient (Wildman–Crippen LogP) is 2.92. The number of ether oxygens (including phenoxy) is 1. The monoisotopic (exact) mass is 323 g/mol. The molecule has 130 valence electrons. The van der Waals surface area contributed by atoms with E-state index in [4.69, 9.17) is 4.74 Å². The zero-order valence-corrected chi connectivity index (χ0v) is 15.2. The van der Waals surface area contributed by atoms with Crippen molar-refractivity contribution in [1.82, 2.24) is 15.0 Å². The van der Waals surface area contributed by atoms with Crippen LogP contribution in [0.15, 0.2) is 6.20 Å². The number of ketones is 2. The van der Waals surface area contributed by atoms with Gasteiger partial charge in [0.15, 0.2) is 5.78 Å². The first-order valence-corrected chi connectivity index (χ1v) is 8.05. The SMILES string of the molecule is CCC(C)(COCC(C)(C)Cn1cc(C(C)=O)nn1)CC(C)=O. The van der Waals surface area contributed by atoms with Gasteiger partial charge in [-0.15, -0.1) is 5.10 Å². The zero-order valence-electron chi connectivity index (χ0n) is 15.2. The number of carbonyl (C=O) groups excluding carboxylic acids is 2. The summed E-state index contributed by atoms with van der Waals surface area (Å²) in [5, 5.41) is 7.83. The van der Waals surface area contributed by atoms with Crippen molar-refractivity contribution in [3.63, 3.8) is 0 Å². The van der Waals surface area contributed by atoms with Crippen LogP contribution in [0.3, 0.4) is 0 Å². The fourth-order valence-corrected chi connectivity index (χ4v) is 2.47. The van der Waals surface area contributed by atoms with E-state index in [1.54, 1.807) is 17.8 Å². The summed E-state index contributed by atoms with van der Waals surface area (Å²) in [6.07, 6.45) is 3.10. The summed E-state index contributed by atoms with van der Waals surface area (Å²) in [5.41, 5.74) is 0.116. The molecule has 1 heterocycles. The molecule has 0 aliphatic heterocycles. The molecule has 0 fully saturated rings. The summed E-state index contributed by atoms with van der Waals surface area (Å²) >= 11 is 0. The Morgan fingerprint density at radius 1 is 1.22 bits per heavy atom. The molecule has 0 N–H and O–H groups in total. The Bertz CT molecular complexity index is 551. The molecule has 1 rings (SSSR count). The lowest BCUT2D eigenvalue weighted by Crippen LogP contribution is -2.31. The molecule has 0 radical (unpaired) electrons. The first-order chi connectivity index (χ1) is 10.6. The van der Waals surface area contributed by atoms with Crippen molar-refractivity contribution < 1.29 is 14.3 Å². The van der Waals surface area contributed by atoms with Crippen LogP contribution in [0.2, 0.25) is 0 Å². The standard InChI is InChI=1S/C17H29N3O3/c1-7-17(6,8-13(2)21)12-23-11-16(4,5)10-20-9-15(14(3)22)18-19-20/h9H,7-8,10-12H2,1-6H3. The van der Waals surface area contributed by atoms with Gasteiger partial charge in [-0.05, 0) is 18.8 Å². The minimum absolute atomic E-state index is 0.0896. The summed E-state index contributed by atoms with van der Waals surface area (Å²) in [5.74, 6) is 0.102. The number of Topliss-reactive ketones (excluding diaryl/α,β-unsaturated/α-hetero) is 2. The molecule has 0 aliphatic carbocycles. The van der Waals surface area contributed by atoms with Crippen LogP contribution >= 0.6 is 0 Å². The van der Waals surface area contributed by atoms with E-state index in [1.807, 2.05) is 0 Å². The number of carbonyl (C=O) groups is 2. The molecule has 23 heavy (non-hydrogen) atoms. The number of nitrogens with zero attached hydrogens (tertiary/aromatic N) is 3. The normalized spacial score (nSPS) is 14.5. The second kappa shape index (κ2) is 7.81. The molecule has 0 saturated carbocycles. The van der Waals surface area contributed by atoms with Gasteiger partial charge in [-0.3, -0.25) is 9.48 Å². The number of hydrogen-bond donors (Lipinski definition) is 0. The van der Waals surface area contributed by atoms with Crippen molar-refractivity contribution in [3.05, 3.63) is 11.9 Å². The van der Waals surface area contributed by atoms with E-state index in [-0.39, 0.29) is 22.4 Å². The number of hydrogen-bond acceptors (Lipinski definition) is 5. The molecule has 6 nitrogen and oxygen atoms in total. The smallest absolute Gasteiger partial charge is 0.181 e. The first-order valence-electron chi connectivity index (χ1n) is 8.05. The topological polar surface area (TPSA) is 74.1 Å². The lowest BCUT2D eigenvalue weighted by atomic mass is 9.83. The van der Waals surface area contributed by atoms with Gasteiger partial charge in [0.1, 0.15) is 11.5 Å². The molecular weight excluding hydrogens is 294 g/mol. The highest BCUT2D eigenvalue weighted by atomic mass is 16.5. The second-order valence-corrected chi connectivity index (χ2v) is 7.56. The van der Waals surface area contributed by atoms with Gasteiger partial charge in [-0.25, -0.2) is 0 Å². The molecule has 1 aromatic rings. The van der Waals surface area contributed by atoms with E-state index in [9.17, 15) is 9.59 Å². The third-order valence-electron chi connectivity index (χ3n) is 3.96. The fourth-order valence-electron chi connectivity index (χ4n) is 2.47. The highest BCUT2D eigenvalue weighted by Crippen LogP contribution is 2.28. The van der Waals surface area contributed by atoms with Gasteiger partial charge in [0.2, 0.25) is 0 Å². The van der Waals surface area contributed by atoms with Crippen molar-refractivity contribution in [2.24, 2.45) is 10.8 Å². The third kappa shape index (κ3) is 6.60. The lowest BCUT2D eigenvalue weighted by molar-refractivity contribution is -0.120. The van der Waals surface area contributed by atoms with E-state index in [1.165, 1.54) is 6.92 Å². The highest BCUT2D eigenvalue weighted by molar-refractivity contribution is 5.91. The molecule has 0 spiro atoms. The van der Waals surface area contributed by atoms with E-state index in [0.717, 1.165) is 6.42 Å². The quantitative estimate of drug-likeness (QED) is 0.619. The number of aromatic nitrogens is 3. The molecule has 0 aliphatic rings. The summed E-state index contributed by atoms with van der Waals surface area (Å²) in [7, 11) is 0. The van der Waals surface area contributed by atoms with Crippen LogP contribution in [0.1, 0.15) is 64.9 Å². The largest absolute Gasteiger partial charge is 0.380 e. The van der Waals surface area contributed by atoms with E-state index < -0.39 is 0 Å². The maximum Gasteiger partial charge on any atom is 0.181 e. The van der Waals surface area contributed by atoms with Crippen molar-refractivity contribution in [1.29, 1.82) is 0 Å². The summed E-state index contributed by atoms with van der Waals surface area (Å²) < 4.78 is 7.58. The van der Waals surface area contributed by atoms with Gasteiger partial charge >= 0.3 is 0 Å². The Kier molecular flexibility index (Phi) is 6.62. The van der Waals surface area contributed by atoms with E-state index in [0.29, 0.717) is 31.9 Å². The Labute approximate surface area is 138 Å². The summed E-state index contributed by atoms with van der Waals surface area (Å²) in [6, 6.07) is 0.